The highest BCUT2D eigenvalue weighted by atomic mass is 19.4. The highest BCUT2D eigenvalue weighted by molar-refractivity contribution is 5.93. The van der Waals surface area contributed by atoms with Gasteiger partial charge in [0.05, 0.1) is 63.7 Å². The smallest absolute Gasteiger partial charge is 0.416 e. The lowest BCUT2D eigenvalue weighted by atomic mass is 9.88. The number of alkyl halides is 3. The molecule has 2 heterocycles. The Labute approximate surface area is 269 Å². The minimum absolute atomic E-state index is 0.00994. The first-order chi connectivity index (χ1) is 22.2. The SMILES string of the molecule is COCCC[N+](C)(C)CCCc1cc(C#N)ccc1C1C(C(=O)OC)=C(C)N(c2cccc(C(F)(F)F)c2)c2n[nH]c(=O)n21.O=C[O-]. The van der Waals surface area contributed by atoms with Crippen molar-refractivity contribution in [1.82, 2.24) is 14.8 Å². The van der Waals surface area contributed by atoms with Gasteiger partial charge in [0.25, 0.3) is 0 Å². The van der Waals surface area contributed by atoms with Crippen molar-refractivity contribution in [3.63, 3.8) is 0 Å². The van der Waals surface area contributed by atoms with Gasteiger partial charge >= 0.3 is 17.8 Å². The zero-order chi connectivity index (χ0) is 34.9. The monoisotopic (exact) mass is 658 g/mol. The van der Waals surface area contributed by atoms with E-state index in [2.05, 4.69) is 30.4 Å². The molecule has 15 heteroatoms. The van der Waals surface area contributed by atoms with Crippen LogP contribution in [-0.4, -0.2) is 79.7 Å². The number of esters is 1. The van der Waals surface area contributed by atoms with Gasteiger partial charge in [-0.2, -0.15) is 18.4 Å². The number of H-pyrrole nitrogens is 1. The first kappa shape index (κ1) is 36.5. The molecule has 0 spiro atoms. The summed E-state index contributed by atoms with van der Waals surface area (Å²) < 4.78 is 53.2. The van der Waals surface area contributed by atoms with Crippen molar-refractivity contribution in [2.24, 2.45) is 0 Å². The van der Waals surface area contributed by atoms with E-state index in [1.54, 1.807) is 32.2 Å². The van der Waals surface area contributed by atoms with Gasteiger partial charge in [0.15, 0.2) is 0 Å². The second kappa shape index (κ2) is 15.6. The molecule has 0 radical (unpaired) electrons. The molecule has 1 aliphatic rings. The van der Waals surface area contributed by atoms with Gasteiger partial charge in [0, 0.05) is 37.8 Å². The number of methoxy groups -OCH3 is 2. The summed E-state index contributed by atoms with van der Waals surface area (Å²) in [6, 6.07) is 10.8. The molecule has 47 heavy (non-hydrogen) atoms. The Kier molecular flexibility index (Phi) is 12.1. The van der Waals surface area contributed by atoms with E-state index in [4.69, 9.17) is 19.4 Å². The molecule has 252 valence electrons. The second-order valence-corrected chi connectivity index (χ2v) is 11.4. The number of halogens is 3. The Balaban J connectivity index is 0.00000192. The molecule has 12 nitrogen and oxygen atoms in total. The van der Waals surface area contributed by atoms with Gasteiger partial charge in [-0.3, -0.25) is 4.90 Å². The molecule has 0 bridgehead atoms. The van der Waals surface area contributed by atoms with E-state index in [0.29, 0.717) is 24.2 Å². The van der Waals surface area contributed by atoms with Crippen molar-refractivity contribution in [2.45, 2.75) is 38.4 Å². The largest absolute Gasteiger partial charge is 0.554 e. The lowest BCUT2D eigenvalue weighted by Gasteiger charge is -2.36. The highest BCUT2D eigenvalue weighted by Gasteiger charge is 2.41. The number of fused-ring (bicyclic) bond motifs is 1. The topological polar surface area (TPSA) is 153 Å². The summed E-state index contributed by atoms with van der Waals surface area (Å²) in [5.41, 5.74) is 0.564. The average Bonchev–Trinajstić information content (AvgIpc) is 3.40. The number of aromatic amines is 1. The molecule has 0 amide bonds. The van der Waals surface area contributed by atoms with Gasteiger partial charge < -0.3 is 23.9 Å². The number of hydrogen-bond donors (Lipinski definition) is 1. The molecule has 0 saturated carbocycles. The van der Waals surface area contributed by atoms with Crippen molar-refractivity contribution >= 4 is 24.1 Å². The highest BCUT2D eigenvalue weighted by Crippen LogP contribution is 2.43. The first-order valence-electron chi connectivity index (χ1n) is 14.6. The molecule has 4 rings (SSSR count). The number of aromatic nitrogens is 3. The molecule has 3 aromatic rings. The second-order valence-electron chi connectivity index (χ2n) is 11.4. The first-order valence-corrected chi connectivity index (χ1v) is 14.6. The Morgan fingerprint density at radius 1 is 1.17 bits per heavy atom. The molecule has 0 aliphatic carbocycles. The number of nitrogens with zero attached hydrogens (tertiary/aromatic N) is 5. The summed E-state index contributed by atoms with van der Waals surface area (Å²) in [4.78, 5) is 36.3. The normalized spacial score (nSPS) is 14.5. The lowest BCUT2D eigenvalue weighted by molar-refractivity contribution is -0.890. The number of quaternary nitrogens is 1. The van der Waals surface area contributed by atoms with E-state index < -0.39 is 35.9 Å². The van der Waals surface area contributed by atoms with Crippen molar-refractivity contribution in [3.05, 3.63) is 86.5 Å². The summed E-state index contributed by atoms with van der Waals surface area (Å²) in [7, 11) is 7.13. The Bertz CT molecular complexity index is 1710. The fourth-order valence-electron chi connectivity index (χ4n) is 5.68. The number of nitrogens with one attached hydrogen (secondary N) is 1. The fraction of sp³-hybridized carbons (Fsp3) is 0.406. The van der Waals surface area contributed by atoms with Crippen LogP contribution in [0.3, 0.4) is 0 Å². The van der Waals surface area contributed by atoms with Crippen LogP contribution >= 0.6 is 0 Å². The van der Waals surface area contributed by atoms with Crippen molar-refractivity contribution in [3.8, 4) is 6.07 Å². The summed E-state index contributed by atoms with van der Waals surface area (Å²) in [6.45, 7) is 3.48. The van der Waals surface area contributed by atoms with Crippen LogP contribution in [0.2, 0.25) is 0 Å². The molecule has 1 unspecified atom stereocenters. The van der Waals surface area contributed by atoms with Gasteiger partial charge in [-0.1, -0.05) is 12.1 Å². The van der Waals surface area contributed by atoms with Crippen LogP contribution in [0.5, 0.6) is 0 Å². The van der Waals surface area contributed by atoms with Crippen molar-refractivity contribution < 1.29 is 41.8 Å². The predicted octanol–water partition coefficient (Wildman–Crippen LogP) is 3.06. The Morgan fingerprint density at radius 2 is 1.85 bits per heavy atom. The van der Waals surface area contributed by atoms with Gasteiger partial charge in [0.2, 0.25) is 5.95 Å². The number of anilines is 2. The minimum Gasteiger partial charge on any atom is -0.554 e. The van der Waals surface area contributed by atoms with Crippen molar-refractivity contribution in [2.75, 3.05) is 52.9 Å². The predicted molar refractivity (Wildman–Crippen MR) is 163 cm³/mol. The Hall–Kier alpha value is -4.94. The summed E-state index contributed by atoms with van der Waals surface area (Å²) >= 11 is 0. The molecule has 2 aromatic carbocycles. The average molecular weight is 659 g/mol. The number of nitriles is 1. The third-order valence-electron chi connectivity index (χ3n) is 7.87. The number of hydrogen-bond acceptors (Lipinski definition) is 9. The molecule has 1 aliphatic heterocycles. The number of ether oxygens (including phenoxy) is 2. The van der Waals surface area contributed by atoms with Crippen molar-refractivity contribution in [1.29, 1.82) is 5.26 Å². The maximum atomic E-state index is 13.6. The number of rotatable bonds is 11. The maximum absolute atomic E-state index is 13.6. The fourth-order valence-corrected chi connectivity index (χ4v) is 5.68. The number of carboxylic acid groups (broad SMARTS) is 1. The van der Waals surface area contributed by atoms with E-state index in [0.717, 1.165) is 48.1 Å². The van der Waals surface area contributed by atoms with Gasteiger partial charge in [-0.15, -0.1) is 5.10 Å². The van der Waals surface area contributed by atoms with E-state index >= 15 is 0 Å². The van der Waals surface area contributed by atoms with Crippen LogP contribution < -0.4 is 15.7 Å². The molecular formula is C32H37F3N6O6. The van der Waals surface area contributed by atoms with E-state index in [1.807, 2.05) is 0 Å². The number of carbonyl (C=O) groups is 2. The van der Waals surface area contributed by atoms with Crippen LogP contribution in [0.4, 0.5) is 24.8 Å². The summed E-state index contributed by atoms with van der Waals surface area (Å²) in [6.07, 6.45) is -2.42. The zero-order valence-corrected chi connectivity index (χ0v) is 26.8. The number of allylic oxidation sites excluding steroid dienone is 1. The maximum Gasteiger partial charge on any atom is 0.416 e. The zero-order valence-electron chi connectivity index (χ0n) is 26.8. The van der Waals surface area contributed by atoms with Gasteiger partial charge in [0.1, 0.15) is 6.04 Å². The standard InChI is InChI=1S/C31H35F3N6O4.CH2O2/c1-20-26(28(41)44-5)27(25-13-12-21(19-35)17-22(25)9-7-14-40(2,3)15-8-16-43-4)39-29(36-37-30(39)42)38(20)24-11-6-10-23(18-24)31(32,33)34;2-1-3/h6,10-13,17-18,27H,7-9,14-16H2,1-5H3;1H,(H,2,3). The number of aryl methyl sites for hydroxylation is 1. The molecular weight excluding hydrogens is 621 g/mol. The molecule has 1 N–H and O–H groups in total. The van der Waals surface area contributed by atoms with E-state index in [1.165, 1.54) is 28.7 Å². The molecule has 0 saturated heterocycles. The van der Waals surface area contributed by atoms with Crippen LogP contribution in [0.25, 0.3) is 0 Å². The van der Waals surface area contributed by atoms with Crippen LogP contribution in [0.15, 0.2) is 58.5 Å². The minimum atomic E-state index is -4.61. The molecule has 0 fully saturated rings. The van der Waals surface area contributed by atoms with Crippen LogP contribution in [0.1, 0.15) is 48.1 Å². The summed E-state index contributed by atoms with van der Waals surface area (Å²) in [5.74, 6) is -0.745. The quantitative estimate of drug-likeness (QED) is 0.142. The molecule has 1 atom stereocenters. The molecule has 1 aromatic heterocycles. The van der Waals surface area contributed by atoms with E-state index in [-0.39, 0.29) is 22.9 Å². The van der Waals surface area contributed by atoms with Gasteiger partial charge in [-0.05, 0) is 54.8 Å². The number of carbonyl (C=O) groups excluding carboxylic acids is 2. The van der Waals surface area contributed by atoms with E-state index in [9.17, 15) is 28.0 Å². The summed E-state index contributed by atoms with van der Waals surface area (Å²) in [5, 5.41) is 24.5. The van der Waals surface area contributed by atoms with Gasteiger partial charge in [-0.25, -0.2) is 19.3 Å². The third-order valence-corrected chi connectivity index (χ3v) is 7.87. The van der Waals surface area contributed by atoms with Crippen LogP contribution in [-0.2, 0) is 31.7 Å². The number of benzene rings is 2. The Morgan fingerprint density at radius 3 is 2.47 bits per heavy atom. The lowest BCUT2D eigenvalue weighted by Crippen LogP contribution is -2.41. The third kappa shape index (κ3) is 8.46. The van der Waals surface area contributed by atoms with Crippen LogP contribution in [0, 0.1) is 11.3 Å².